The molecule has 0 fully saturated rings. The summed E-state index contributed by atoms with van der Waals surface area (Å²) in [6.45, 7) is 3.53. The molecule has 2 atom stereocenters. The molecule has 1 aliphatic heterocycles. The van der Waals surface area contributed by atoms with Crippen LogP contribution in [0.3, 0.4) is 0 Å². The second-order valence-corrected chi connectivity index (χ2v) is 10.2. The predicted octanol–water partition coefficient (Wildman–Crippen LogP) is 3.71. The minimum absolute atomic E-state index is 0.153. The van der Waals surface area contributed by atoms with Gasteiger partial charge in [-0.15, -0.1) is 0 Å². The van der Waals surface area contributed by atoms with Crippen molar-refractivity contribution in [2.75, 3.05) is 7.05 Å². The fraction of sp³-hybridized carbons (Fsp3) is 0.250. The fourth-order valence-electron chi connectivity index (χ4n) is 3.99. The first-order valence-corrected chi connectivity index (χ1v) is 11.8. The molecule has 3 aromatic rings. The van der Waals surface area contributed by atoms with Crippen LogP contribution in [-0.2, 0) is 17.1 Å². The Balaban J connectivity index is 2.02. The van der Waals surface area contributed by atoms with Crippen molar-refractivity contribution in [2.45, 2.75) is 25.1 Å². The largest absolute Gasteiger partial charge is 0.318 e. The normalized spacial score (nSPS) is 16.5. The highest BCUT2D eigenvalue weighted by molar-refractivity contribution is 7.89. The van der Waals surface area contributed by atoms with Crippen LogP contribution in [0.5, 0.6) is 0 Å². The number of hydrogen-bond acceptors (Lipinski definition) is 4. The molecule has 1 aliphatic rings. The number of aromatic nitrogens is 1. The average Bonchev–Trinajstić information content (AvgIpc) is 2.89. The van der Waals surface area contributed by atoms with E-state index in [0.717, 1.165) is 27.8 Å². The van der Waals surface area contributed by atoms with E-state index in [0.29, 0.717) is 11.3 Å². The third kappa shape index (κ3) is 3.80. The van der Waals surface area contributed by atoms with Crippen molar-refractivity contribution in [3.63, 3.8) is 0 Å². The lowest BCUT2D eigenvalue weighted by molar-refractivity contribution is 0.578. The molecule has 2 aromatic carbocycles. The van der Waals surface area contributed by atoms with Gasteiger partial charge in [0.2, 0.25) is 10.0 Å². The van der Waals surface area contributed by atoms with Crippen molar-refractivity contribution in [3.05, 3.63) is 93.2 Å². The maximum atomic E-state index is 13.6. The van der Waals surface area contributed by atoms with Crippen LogP contribution in [0, 0.1) is 5.82 Å². The molecule has 0 saturated carbocycles. The van der Waals surface area contributed by atoms with Crippen molar-refractivity contribution in [1.29, 1.82) is 0 Å². The Labute approximate surface area is 186 Å². The quantitative estimate of drug-likeness (QED) is 0.654. The number of rotatable bonds is 4. The second kappa shape index (κ2) is 8.11. The summed E-state index contributed by atoms with van der Waals surface area (Å²) in [4.78, 5) is 17.3. The summed E-state index contributed by atoms with van der Waals surface area (Å²) in [6, 6.07) is 12.8. The maximum absolute atomic E-state index is 13.6. The average molecular weight is 454 g/mol. The standard InChI is InChI=1S/C24H24FN3O3S/c1-14-20-12-23(29)28(4)13-22(20)21-11-17(15(2)32(30,31)26-3)7-10-19(21)24(27-14)16-5-8-18(25)9-6-16/h5-15,26H,1-4H3/t14-,15?/m0/s1. The van der Waals surface area contributed by atoms with Crippen molar-refractivity contribution in [3.8, 4) is 11.1 Å². The number of hydrogen-bond donors (Lipinski definition) is 1. The van der Waals surface area contributed by atoms with Crippen LogP contribution in [0.4, 0.5) is 4.39 Å². The SMILES string of the molecule is CNS(=O)(=O)C(C)c1ccc2c(c1)-c1cn(C)c(=O)cc1[C@H](C)N=C2c1ccc(F)cc1. The van der Waals surface area contributed by atoms with E-state index >= 15 is 0 Å². The van der Waals surface area contributed by atoms with Crippen molar-refractivity contribution in [1.82, 2.24) is 9.29 Å². The van der Waals surface area contributed by atoms with Gasteiger partial charge in [0.25, 0.3) is 5.56 Å². The van der Waals surface area contributed by atoms with Crippen LogP contribution in [0.15, 0.2) is 64.5 Å². The third-order valence-corrected chi connectivity index (χ3v) is 7.73. The molecule has 0 amide bonds. The van der Waals surface area contributed by atoms with E-state index < -0.39 is 15.3 Å². The van der Waals surface area contributed by atoms with Crippen LogP contribution in [-0.4, -0.2) is 25.7 Å². The first-order chi connectivity index (χ1) is 15.1. The lowest BCUT2D eigenvalue weighted by Gasteiger charge is -2.17. The molecule has 32 heavy (non-hydrogen) atoms. The highest BCUT2D eigenvalue weighted by Gasteiger charge is 2.27. The van der Waals surface area contributed by atoms with E-state index in [9.17, 15) is 17.6 Å². The number of fused-ring (bicyclic) bond motifs is 3. The number of pyridine rings is 1. The fourth-order valence-corrected chi connectivity index (χ4v) is 4.84. The number of aryl methyl sites for hydroxylation is 1. The smallest absolute Gasteiger partial charge is 0.250 e. The molecule has 0 bridgehead atoms. The summed E-state index contributed by atoms with van der Waals surface area (Å²) in [7, 11) is -0.469. The first kappa shape index (κ1) is 22.1. The topological polar surface area (TPSA) is 80.5 Å². The molecular weight excluding hydrogens is 429 g/mol. The van der Waals surface area contributed by atoms with Gasteiger partial charge in [0, 0.05) is 36.0 Å². The van der Waals surface area contributed by atoms with Crippen molar-refractivity contribution < 1.29 is 12.8 Å². The van der Waals surface area contributed by atoms with Gasteiger partial charge in [0.05, 0.1) is 17.0 Å². The van der Waals surface area contributed by atoms with E-state index in [4.69, 9.17) is 4.99 Å². The Hall–Kier alpha value is -3.10. The summed E-state index contributed by atoms with van der Waals surface area (Å²) in [5, 5.41) is -0.777. The number of nitrogens with zero attached hydrogens (tertiary/aromatic N) is 2. The van der Waals surface area contributed by atoms with Gasteiger partial charge in [0.15, 0.2) is 0 Å². The predicted molar refractivity (Wildman–Crippen MR) is 124 cm³/mol. The third-order valence-electron chi connectivity index (χ3n) is 5.96. The Morgan fingerprint density at radius 2 is 1.75 bits per heavy atom. The first-order valence-electron chi connectivity index (χ1n) is 10.2. The minimum atomic E-state index is -3.54. The molecule has 1 aromatic heterocycles. The summed E-state index contributed by atoms with van der Waals surface area (Å²) in [5.74, 6) is -0.344. The van der Waals surface area contributed by atoms with Gasteiger partial charge >= 0.3 is 0 Å². The molecule has 0 radical (unpaired) electrons. The highest BCUT2D eigenvalue weighted by atomic mass is 32.2. The van der Waals surface area contributed by atoms with Crippen LogP contribution in [0.2, 0.25) is 0 Å². The highest BCUT2D eigenvalue weighted by Crippen LogP contribution is 2.38. The molecule has 8 heteroatoms. The van der Waals surface area contributed by atoms with E-state index in [1.54, 1.807) is 44.4 Å². The number of aliphatic imine (C=N–C) groups is 1. The lowest BCUT2D eigenvalue weighted by Crippen LogP contribution is -2.24. The van der Waals surface area contributed by atoms with Gasteiger partial charge < -0.3 is 4.57 Å². The van der Waals surface area contributed by atoms with E-state index in [-0.39, 0.29) is 17.4 Å². The Kier molecular flexibility index (Phi) is 5.60. The molecule has 0 aliphatic carbocycles. The van der Waals surface area contributed by atoms with Gasteiger partial charge in [-0.1, -0.05) is 12.1 Å². The number of nitrogens with one attached hydrogen (secondary N) is 1. The van der Waals surface area contributed by atoms with Gasteiger partial charge in [-0.2, -0.15) is 0 Å². The Morgan fingerprint density at radius 1 is 1.06 bits per heavy atom. The molecule has 1 unspecified atom stereocenters. The lowest BCUT2D eigenvalue weighted by atomic mass is 9.90. The summed E-state index contributed by atoms with van der Waals surface area (Å²) >= 11 is 0. The zero-order valence-corrected chi connectivity index (χ0v) is 19.1. The number of sulfonamides is 1. The molecule has 1 N–H and O–H groups in total. The van der Waals surface area contributed by atoms with Crippen molar-refractivity contribution in [2.24, 2.45) is 12.0 Å². The van der Waals surface area contributed by atoms with Crippen LogP contribution < -0.4 is 10.3 Å². The molecule has 6 nitrogen and oxygen atoms in total. The Morgan fingerprint density at radius 3 is 2.41 bits per heavy atom. The molecule has 4 rings (SSSR count). The summed E-state index contributed by atoms with van der Waals surface area (Å²) in [5.41, 5.74) is 5.00. The molecular formula is C24H24FN3O3S. The van der Waals surface area contributed by atoms with Crippen molar-refractivity contribution >= 4 is 15.7 Å². The van der Waals surface area contributed by atoms with Crippen LogP contribution >= 0.6 is 0 Å². The number of halogens is 1. The van der Waals surface area contributed by atoms with Crippen LogP contribution in [0.25, 0.3) is 11.1 Å². The molecule has 0 saturated heterocycles. The minimum Gasteiger partial charge on any atom is -0.318 e. The maximum Gasteiger partial charge on any atom is 0.250 e. The van der Waals surface area contributed by atoms with E-state index in [1.807, 2.05) is 19.1 Å². The molecule has 2 heterocycles. The van der Waals surface area contributed by atoms with Gasteiger partial charge in [-0.25, -0.2) is 17.5 Å². The van der Waals surface area contributed by atoms with Gasteiger partial charge in [0.1, 0.15) is 5.82 Å². The zero-order valence-electron chi connectivity index (χ0n) is 18.3. The van der Waals surface area contributed by atoms with Gasteiger partial charge in [-0.05, 0) is 67.9 Å². The second-order valence-electron chi connectivity index (χ2n) is 7.95. The van der Waals surface area contributed by atoms with Crippen LogP contribution in [0.1, 0.15) is 47.4 Å². The molecule has 0 spiro atoms. The Bertz CT molecular complexity index is 1390. The molecule has 166 valence electrons. The van der Waals surface area contributed by atoms with Gasteiger partial charge in [-0.3, -0.25) is 9.79 Å². The zero-order chi connectivity index (χ0) is 23.2. The summed E-state index contributed by atoms with van der Waals surface area (Å²) in [6.07, 6.45) is 1.76. The van der Waals surface area contributed by atoms with E-state index in [1.165, 1.54) is 23.7 Å². The summed E-state index contributed by atoms with van der Waals surface area (Å²) < 4.78 is 42.3. The number of benzene rings is 2. The monoisotopic (exact) mass is 453 g/mol. The van der Waals surface area contributed by atoms with E-state index in [2.05, 4.69) is 4.72 Å².